The molecule has 146 valence electrons. The number of methoxy groups -OCH3 is 1. The molecule has 0 saturated heterocycles. The van der Waals surface area contributed by atoms with Crippen LogP contribution in [-0.4, -0.2) is 39.4 Å². The van der Waals surface area contributed by atoms with Crippen molar-refractivity contribution < 1.29 is 14.2 Å². The van der Waals surface area contributed by atoms with Gasteiger partial charge in [-0.25, -0.2) is 0 Å². The quantitative estimate of drug-likeness (QED) is 0.372. The smallest absolute Gasteiger partial charge is 0.191 e. The van der Waals surface area contributed by atoms with Crippen LogP contribution >= 0.6 is 35.6 Å². The first-order chi connectivity index (χ1) is 12.7. The second-order valence-electron chi connectivity index (χ2n) is 5.76. The second-order valence-corrected chi connectivity index (χ2v) is 6.20. The highest BCUT2D eigenvalue weighted by Gasteiger charge is 2.20. The van der Waals surface area contributed by atoms with E-state index in [9.17, 15) is 0 Å². The molecule has 1 heterocycles. The van der Waals surface area contributed by atoms with E-state index < -0.39 is 0 Å². The molecule has 1 aliphatic rings. The lowest BCUT2D eigenvalue weighted by molar-refractivity contribution is 0.0936. The number of hydrogen-bond acceptors (Lipinski definition) is 4. The summed E-state index contributed by atoms with van der Waals surface area (Å²) in [5.74, 6) is 2.95. The van der Waals surface area contributed by atoms with Crippen LogP contribution in [0.1, 0.15) is 5.56 Å². The maximum absolute atomic E-state index is 6.00. The van der Waals surface area contributed by atoms with E-state index in [1.165, 1.54) is 0 Å². The number of halogens is 2. The van der Waals surface area contributed by atoms with Gasteiger partial charge in [-0.3, -0.25) is 4.99 Å². The van der Waals surface area contributed by atoms with Crippen molar-refractivity contribution >= 4 is 41.5 Å². The number of nitrogens with zero attached hydrogens (tertiary/aromatic N) is 1. The van der Waals surface area contributed by atoms with Gasteiger partial charge in [-0.2, -0.15) is 0 Å². The molecule has 0 radical (unpaired) electrons. The normalized spacial score (nSPS) is 15.5. The van der Waals surface area contributed by atoms with E-state index in [1.807, 2.05) is 36.4 Å². The highest BCUT2D eigenvalue weighted by Crippen LogP contribution is 2.30. The van der Waals surface area contributed by atoms with Crippen LogP contribution in [-0.2, 0) is 6.54 Å². The first-order valence-electron chi connectivity index (χ1n) is 8.35. The molecule has 2 N–H and O–H groups in total. The predicted molar refractivity (Wildman–Crippen MR) is 118 cm³/mol. The summed E-state index contributed by atoms with van der Waals surface area (Å²) in [7, 11) is 3.35. The number of fused-ring (bicyclic) bond motifs is 1. The molecular formula is C19H23ClIN3O3. The van der Waals surface area contributed by atoms with Crippen molar-refractivity contribution in [1.82, 2.24) is 10.6 Å². The van der Waals surface area contributed by atoms with Crippen LogP contribution in [0, 0.1) is 0 Å². The first kappa shape index (κ1) is 21.4. The lowest BCUT2D eigenvalue weighted by atomic mass is 10.2. The zero-order chi connectivity index (χ0) is 18.4. The third-order valence-corrected chi connectivity index (χ3v) is 4.22. The Bertz CT molecular complexity index is 789. The molecule has 0 amide bonds. The number of hydrogen-bond donors (Lipinski definition) is 2. The molecule has 1 atom stereocenters. The monoisotopic (exact) mass is 503 g/mol. The molecule has 1 unspecified atom stereocenters. The number of para-hydroxylation sites is 2. The number of benzene rings is 2. The summed E-state index contributed by atoms with van der Waals surface area (Å²) in [6, 6.07) is 13.2. The number of guanidine groups is 1. The maximum Gasteiger partial charge on any atom is 0.191 e. The lowest BCUT2D eigenvalue weighted by Crippen LogP contribution is -2.45. The van der Waals surface area contributed by atoms with Crippen LogP contribution in [0.3, 0.4) is 0 Å². The molecule has 2 aromatic carbocycles. The van der Waals surface area contributed by atoms with Crippen LogP contribution in [0.15, 0.2) is 47.5 Å². The van der Waals surface area contributed by atoms with Gasteiger partial charge in [0.05, 0.1) is 13.7 Å². The van der Waals surface area contributed by atoms with Crippen molar-refractivity contribution in [2.24, 2.45) is 4.99 Å². The highest BCUT2D eigenvalue weighted by atomic mass is 127. The SMILES string of the molecule is CN=C(NCc1ccc(Cl)cc1OC)NCC1COc2ccccc2O1.I. The van der Waals surface area contributed by atoms with Crippen molar-refractivity contribution in [3.8, 4) is 17.2 Å². The van der Waals surface area contributed by atoms with Crippen LogP contribution in [0.4, 0.5) is 0 Å². The Labute approximate surface area is 181 Å². The Balaban J connectivity index is 0.00000261. The summed E-state index contributed by atoms with van der Waals surface area (Å²) in [5.41, 5.74) is 0.992. The van der Waals surface area contributed by atoms with Gasteiger partial charge in [0, 0.05) is 24.2 Å². The minimum atomic E-state index is -0.0893. The maximum atomic E-state index is 6.00. The molecular weight excluding hydrogens is 481 g/mol. The predicted octanol–water partition coefficient (Wildman–Crippen LogP) is 3.47. The fourth-order valence-electron chi connectivity index (χ4n) is 2.64. The fourth-order valence-corrected chi connectivity index (χ4v) is 2.80. The van der Waals surface area contributed by atoms with E-state index in [2.05, 4.69) is 15.6 Å². The number of aliphatic imine (C=N–C) groups is 1. The number of rotatable bonds is 5. The molecule has 6 nitrogen and oxygen atoms in total. The van der Waals surface area contributed by atoms with E-state index in [-0.39, 0.29) is 30.1 Å². The summed E-state index contributed by atoms with van der Waals surface area (Å²) < 4.78 is 17.0. The van der Waals surface area contributed by atoms with Crippen LogP contribution < -0.4 is 24.8 Å². The van der Waals surface area contributed by atoms with Crippen LogP contribution in [0.5, 0.6) is 17.2 Å². The molecule has 0 aliphatic carbocycles. The van der Waals surface area contributed by atoms with E-state index in [0.717, 1.165) is 22.8 Å². The fraction of sp³-hybridized carbons (Fsp3) is 0.316. The van der Waals surface area contributed by atoms with Gasteiger partial charge in [-0.15, -0.1) is 24.0 Å². The van der Waals surface area contributed by atoms with Crippen molar-refractivity contribution in [3.63, 3.8) is 0 Å². The zero-order valence-corrected chi connectivity index (χ0v) is 18.3. The summed E-state index contributed by atoms with van der Waals surface area (Å²) >= 11 is 6.00. The third kappa shape index (κ3) is 5.80. The molecule has 0 fully saturated rings. The highest BCUT2D eigenvalue weighted by molar-refractivity contribution is 14.0. The Hall–Kier alpha value is -1.87. The molecule has 1 aliphatic heterocycles. The van der Waals surface area contributed by atoms with Gasteiger partial charge in [-0.1, -0.05) is 29.8 Å². The van der Waals surface area contributed by atoms with E-state index in [1.54, 1.807) is 20.2 Å². The third-order valence-electron chi connectivity index (χ3n) is 3.98. The summed E-state index contributed by atoms with van der Waals surface area (Å²) in [4.78, 5) is 4.24. The molecule has 0 bridgehead atoms. The van der Waals surface area contributed by atoms with E-state index in [0.29, 0.717) is 30.7 Å². The van der Waals surface area contributed by atoms with Gasteiger partial charge in [0.15, 0.2) is 17.5 Å². The van der Waals surface area contributed by atoms with Gasteiger partial charge in [0.25, 0.3) is 0 Å². The summed E-state index contributed by atoms with van der Waals surface area (Å²) in [6.07, 6.45) is -0.0893. The molecule has 3 rings (SSSR count). The molecule has 0 saturated carbocycles. The minimum absolute atomic E-state index is 0. The van der Waals surface area contributed by atoms with E-state index in [4.69, 9.17) is 25.8 Å². The minimum Gasteiger partial charge on any atom is -0.496 e. The standard InChI is InChI=1S/C19H22ClN3O3.HI/c1-21-19(22-10-13-7-8-14(20)9-18(13)24-2)23-11-15-12-25-16-5-3-4-6-17(16)26-15;/h3-9,15H,10-12H2,1-2H3,(H2,21,22,23);1H. The van der Waals surface area contributed by atoms with Gasteiger partial charge in [-0.05, 0) is 24.3 Å². The number of ether oxygens (including phenoxy) is 3. The summed E-state index contributed by atoms with van der Waals surface area (Å²) in [6.45, 7) is 1.63. The lowest BCUT2D eigenvalue weighted by Gasteiger charge is -2.27. The molecule has 0 aromatic heterocycles. The molecule has 0 spiro atoms. The second kappa shape index (κ2) is 10.5. The van der Waals surface area contributed by atoms with Crippen LogP contribution in [0.2, 0.25) is 5.02 Å². The largest absolute Gasteiger partial charge is 0.496 e. The van der Waals surface area contributed by atoms with Gasteiger partial charge < -0.3 is 24.8 Å². The average Bonchev–Trinajstić information content (AvgIpc) is 2.68. The Morgan fingerprint density at radius 2 is 2.00 bits per heavy atom. The first-order valence-corrected chi connectivity index (χ1v) is 8.73. The Kier molecular flexibility index (Phi) is 8.30. The number of nitrogens with one attached hydrogen (secondary N) is 2. The van der Waals surface area contributed by atoms with Crippen LogP contribution in [0.25, 0.3) is 0 Å². The van der Waals surface area contributed by atoms with E-state index >= 15 is 0 Å². The van der Waals surface area contributed by atoms with Gasteiger partial charge in [0.2, 0.25) is 0 Å². The average molecular weight is 504 g/mol. The molecule has 27 heavy (non-hydrogen) atoms. The van der Waals surface area contributed by atoms with Crippen molar-refractivity contribution in [3.05, 3.63) is 53.1 Å². The Morgan fingerprint density at radius 1 is 1.22 bits per heavy atom. The molecule has 2 aromatic rings. The topological polar surface area (TPSA) is 64.1 Å². The van der Waals surface area contributed by atoms with Gasteiger partial charge in [0.1, 0.15) is 18.5 Å². The molecule has 8 heteroatoms. The van der Waals surface area contributed by atoms with Crippen molar-refractivity contribution in [2.45, 2.75) is 12.6 Å². The Morgan fingerprint density at radius 3 is 2.74 bits per heavy atom. The van der Waals surface area contributed by atoms with Gasteiger partial charge >= 0.3 is 0 Å². The zero-order valence-electron chi connectivity index (χ0n) is 15.2. The summed E-state index contributed by atoms with van der Waals surface area (Å²) in [5, 5.41) is 7.16. The van der Waals surface area contributed by atoms with Crippen molar-refractivity contribution in [2.75, 3.05) is 27.3 Å². The van der Waals surface area contributed by atoms with Crippen molar-refractivity contribution in [1.29, 1.82) is 0 Å².